The van der Waals surface area contributed by atoms with E-state index in [1.807, 2.05) is 0 Å². The minimum atomic E-state index is -0.668. The van der Waals surface area contributed by atoms with Gasteiger partial charge in [0.15, 0.2) is 0 Å². The highest BCUT2D eigenvalue weighted by Crippen LogP contribution is 2.67. The Kier molecular flexibility index (Phi) is 10.6. The zero-order valence-electron chi connectivity index (χ0n) is 46.6. The lowest BCUT2D eigenvalue weighted by Gasteiger charge is -2.55. The van der Waals surface area contributed by atoms with E-state index in [4.69, 9.17) is 0 Å². The van der Waals surface area contributed by atoms with Crippen molar-refractivity contribution in [1.82, 2.24) is 0 Å². The topological polar surface area (TPSA) is 6.48 Å². The Bertz CT molecular complexity index is 4260. The molecule has 0 heterocycles. The van der Waals surface area contributed by atoms with E-state index >= 15 is 0 Å². The maximum atomic E-state index is 2.66. The molecule has 394 valence electrons. The molecule has 0 N–H and O–H groups in total. The van der Waals surface area contributed by atoms with Crippen LogP contribution in [0.25, 0.3) is 55.6 Å². The van der Waals surface area contributed by atoms with Gasteiger partial charge in [-0.05, 0) is 218 Å². The Balaban J connectivity index is 0.964. The quantitative estimate of drug-likeness (QED) is 0.142. The monoisotopic (exact) mass is 1050 g/mol. The lowest BCUT2D eigenvalue weighted by atomic mass is 9.50. The van der Waals surface area contributed by atoms with Crippen molar-refractivity contribution in [3.05, 3.63) is 300 Å². The summed E-state index contributed by atoms with van der Waals surface area (Å²) in [6.07, 6.45) is 6.98. The number of hydrogen-bond acceptors (Lipinski definition) is 2. The van der Waals surface area contributed by atoms with E-state index in [9.17, 15) is 0 Å². The summed E-state index contributed by atoms with van der Waals surface area (Å²) in [6, 6.07) is 99.7. The Morgan fingerprint density at radius 2 is 0.695 bits per heavy atom. The molecule has 1 spiro atoms. The zero-order valence-corrected chi connectivity index (χ0v) is 46.6. The number of anilines is 6. The average Bonchev–Trinajstić information content (AvgIpc) is 2.24. The number of hydrogen-bond donors (Lipinski definition) is 0. The van der Waals surface area contributed by atoms with E-state index in [0.717, 1.165) is 52.1 Å². The first-order chi connectivity index (χ1) is 40.4. The van der Waals surface area contributed by atoms with Crippen LogP contribution < -0.4 is 9.80 Å². The number of fused-ring (bicyclic) bond motifs is 13. The van der Waals surface area contributed by atoms with Crippen LogP contribution in [0.1, 0.15) is 90.8 Å². The minimum absolute atomic E-state index is 0.112. The van der Waals surface area contributed by atoms with Crippen LogP contribution >= 0.6 is 0 Å². The van der Waals surface area contributed by atoms with Crippen molar-refractivity contribution in [2.45, 2.75) is 62.7 Å². The zero-order chi connectivity index (χ0) is 54.3. The van der Waals surface area contributed by atoms with Crippen molar-refractivity contribution in [3.8, 4) is 55.6 Å². The maximum Gasteiger partial charge on any atom is 0.0727 e. The molecule has 1 unspecified atom stereocenters. The minimum Gasteiger partial charge on any atom is -0.310 e. The molecule has 0 aliphatic heterocycles. The number of nitrogens with zero attached hydrogens (tertiary/aromatic N) is 2. The molecule has 11 aromatic carbocycles. The fraction of sp³-hybridized carbons (Fsp3) is 0.175. The Morgan fingerprint density at radius 3 is 1.24 bits per heavy atom. The van der Waals surface area contributed by atoms with Crippen molar-refractivity contribution in [2.24, 2.45) is 23.7 Å². The van der Waals surface area contributed by atoms with E-state index in [0.29, 0.717) is 5.92 Å². The van der Waals surface area contributed by atoms with Crippen LogP contribution in [0.2, 0.25) is 0 Å². The summed E-state index contributed by atoms with van der Waals surface area (Å²) in [5.41, 5.74) is 28.6. The molecule has 0 amide bonds. The third-order valence-corrected chi connectivity index (χ3v) is 20.6. The highest BCUT2D eigenvalue weighted by atomic mass is 15.2. The Labute approximate surface area is 483 Å². The largest absolute Gasteiger partial charge is 0.310 e. The number of benzene rings is 11. The molecule has 0 aromatic heterocycles. The van der Waals surface area contributed by atoms with Crippen molar-refractivity contribution >= 4 is 34.1 Å². The van der Waals surface area contributed by atoms with Crippen molar-refractivity contribution in [1.29, 1.82) is 0 Å². The molecule has 7 aliphatic rings. The molecule has 0 saturated heterocycles. The van der Waals surface area contributed by atoms with Crippen molar-refractivity contribution in [2.75, 3.05) is 9.80 Å². The summed E-state index contributed by atoms with van der Waals surface area (Å²) >= 11 is 0. The first-order valence-electron chi connectivity index (χ1n) is 30.1. The van der Waals surface area contributed by atoms with Crippen LogP contribution in [-0.2, 0) is 10.8 Å². The van der Waals surface area contributed by atoms with E-state index in [1.165, 1.54) is 127 Å². The summed E-state index contributed by atoms with van der Waals surface area (Å²) < 4.78 is 0. The lowest BCUT2D eigenvalue weighted by Crippen LogP contribution is -2.43. The number of rotatable bonds is 9. The SMILES string of the molecule is CC1(C)c2ccccc2-c2cc(N(c3ccccc3)c3cc4c(cc3-c3ccccc3)-c3ccccc3C43c4ccccc4-c4cc(-c5ccccc5C5C6CC7CC(C6)CC5C7)c(N(c5ccccc5)c5ccccc5)cc43)ccc21. The molecule has 1 atom stereocenters. The summed E-state index contributed by atoms with van der Waals surface area (Å²) in [6.45, 7) is 4.76. The van der Waals surface area contributed by atoms with Crippen LogP contribution in [-0.4, -0.2) is 0 Å². The van der Waals surface area contributed by atoms with Crippen LogP contribution in [0.4, 0.5) is 34.1 Å². The predicted molar refractivity (Wildman–Crippen MR) is 340 cm³/mol. The molecule has 0 radical (unpaired) electrons. The van der Waals surface area contributed by atoms with Gasteiger partial charge in [0.05, 0.1) is 16.8 Å². The predicted octanol–water partition coefficient (Wildman–Crippen LogP) is 21.1. The van der Waals surface area contributed by atoms with E-state index in [2.05, 4.69) is 285 Å². The molecule has 7 aliphatic carbocycles. The highest BCUT2D eigenvalue weighted by molar-refractivity contribution is 6.03. The number of para-hydroxylation sites is 3. The Morgan fingerprint density at radius 1 is 0.293 bits per heavy atom. The molecular formula is C80H64N2. The van der Waals surface area contributed by atoms with Gasteiger partial charge in [-0.2, -0.15) is 0 Å². The van der Waals surface area contributed by atoms with Crippen LogP contribution in [0.5, 0.6) is 0 Å². The second-order valence-electron chi connectivity index (χ2n) is 25.2. The van der Waals surface area contributed by atoms with E-state index in [-0.39, 0.29) is 5.41 Å². The second kappa shape index (κ2) is 18.3. The normalized spacial score (nSPS) is 21.3. The van der Waals surface area contributed by atoms with E-state index in [1.54, 1.807) is 5.56 Å². The standard InChI is InChI=1S/C80H64N2/c1-79(2)70-36-20-17-32-61(70)66-46-59(39-40-71(66)79)82(58-29-13-6-14-30-58)76-49-74-67(47-65(76)53-23-7-3-8-24-53)62-33-18-21-37-72(62)80(74)73-38-22-19-34-63(73)68-48-69(60-31-15-16-35-64(60)78-54-42-51-41-52(44-54)45-55(78)43-51)77(50-75(68)80)81(56-25-9-4-10-26-56)57-27-11-5-12-28-57/h3-40,46-52,54-55,78H,41-45H2,1-2H3. The van der Waals surface area contributed by atoms with Crippen LogP contribution in [0.3, 0.4) is 0 Å². The molecule has 4 saturated carbocycles. The summed E-state index contributed by atoms with van der Waals surface area (Å²) in [4.78, 5) is 5.12. The van der Waals surface area contributed by atoms with Gasteiger partial charge in [-0.25, -0.2) is 0 Å². The molecule has 4 bridgehead atoms. The van der Waals surface area contributed by atoms with Crippen molar-refractivity contribution < 1.29 is 0 Å². The molecule has 11 aromatic rings. The fourth-order valence-electron chi connectivity index (χ4n) is 17.5. The molecule has 2 nitrogen and oxygen atoms in total. The van der Waals surface area contributed by atoms with E-state index < -0.39 is 5.41 Å². The van der Waals surface area contributed by atoms with Gasteiger partial charge in [0.1, 0.15) is 0 Å². The van der Waals surface area contributed by atoms with Crippen LogP contribution in [0, 0.1) is 23.7 Å². The lowest BCUT2D eigenvalue weighted by molar-refractivity contribution is -0.00260. The Hall–Kier alpha value is -8.98. The first-order valence-corrected chi connectivity index (χ1v) is 30.1. The third-order valence-electron chi connectivity index (χ3n) is 20.6. The maximum absolute atomic E-state index is 2.66. The van der Waals surface area contributed by atoms with Gasteiger partial charge in [-0.1, -0.05) is 202 Å². The van der Waals surface area contributed by atoms with Gasteiger partial charge >= 0.3 is 0 Å². The van der Waals surface area contributed by atoms with Gasteiger partial charge in [0.2, 0.25) is 0 Å². The van der Waals surface area contributed by atoms with Gasteiger partial charge in [-0.15, -0.1) is 0 Å². The summed E-state index contributed by atoms with van der Waals surface area (Å²) in [5.74, 6) is 3.86. The van der Waals surface area contributed by atoms with Gasteiger partial charge < -0.3 is 9.80 Å². The summed E-state index contributed by atoms with van der Waals surface area (Å²) in [7, 11) is 0. The van der Waals surface area contributed by atoms with Crippen LogP contribution in [0.15, 0.2) is 261 Å². The summed E-state index contributed by atoms with van der Waals surface area (Å²) in [5, 5.41) is 0. The van der Waals surface area contributed by atoms with Gasteiger partial charge in [0, 0.05) is 39.3 Å². The van der Waals surface area contributed by atoms with Gasteiger partial charge in [0.25, 0.3) is 0 Å². The van der Waals surface area contributed by atoms with Crippen molar-refractivity contribution in [3.63, 3.8) is 0 Å². The molecule has 2 heteroatoms. The molecular weight excluding hydrogens is 989 g/mol. The molecule has 82 heavy (non-hydrogen) atoms. The third kappa shape index (κ3) is 6.94. The van der Waals surface area contributed by atoms with Gasteiger partial charge in [-0.3, -0.25) is 0 Å². The fourth-order valence-corrected chi connectivity index (χ4v) is 17.5. The smallest absolute Gasteiger partial charge is 0.0727 e. The highest BCUT2D eigenvalue weighted by Gasteiger charge is 2.54. The first kappa shape index (κ1) is 47.8. The molecule has 4 fully saturated rings. The average molecular weight is 1050 g/mol. The molecule has 18 rings (SSSR count). The second-order valence-corrected chi connectivity index (χ2v) is 25.2.